The van der Waals surface area contributed by atoms with Gasteiger partial charge in [0.1, 0.15) is 0 Å². The van der Waals surface area contributed by atoms with Gasteiger partial charge < -0.3 is 0 Å². The molecule has 1 atom stereocenters. The molecular formula is C14H14NP. The molecule has 0 radical (unpaired) electrons. The van der Waals surface area contributed by atoms with Gasteiger partial charge in [-0.05, 0) is 17.1 Å². The number of hydrogen-bond acceptors (Lipinski definition) is 1. The average Bonchev–Trinajstić information content (AvgIpc) is 2.63. The number of pyridine rings is 1. The average molecular weight is 227 g/mol. The largest absolute Gasteiger partial charge is 0.252 e. The van der Waals surface area contributed by atoms with Crippen molar-refractivity contribution in [3.8, 4) is 0 Å². The normalized spacial score (nSPS) is 12.8. The maximum atomic E-state index is 4.61. The van der Waals surface area contributed by atoms with Crippen LogP contribution in [-0.4, -0.2) is 4.98 Å². The zero-order valence-electron chi connectivity index (χ0n) is 9.51. The van der Waals surface area contributed by atoms with E-state index < -0.39 is 0 Å². The summed E-state index contributed by atoms with van der Waals surface area (Å²) in [7, 11) is -0.247. The Kier molecular flexibility index (Phi) is 2.22. The first-order valence-corrected chi connectivity index (χ1v) is 7.04. The fourth-order valence-electron chi connectivity index (χ4n) is 2.35. The van der Waals surface area contributed by atoms with Crippen LogP contribution >= 0.6 is 7.53 Å². The zero-order chi connectivity index (χ0) is 11.1. The Hall–Kier alpha value is -1.33. The number of nitrogens with zero attached hydrogens (tertiary/aromatic N) is 1. The smallest absolute Gasteiger partial charge is 0.0902 e. The Labute approximate surface area is 96.2 Å². The fraction of sp³-hybridized carbons (Fsp3) is 0.214. The van der Waals surface area contributed by atoms with Crippen LogP contribution in [0.25, 0.3) is 21.1 Å². The van der Waals surface area contributed by atoms with Crippen LogP contribution in [0.2, 0.25) is 0 Å². The summed E-state index contributed by atoms with van der Waals surface area (Å²) < 4.78 is 0. The lowest BCUT2D eigenvalue weighted by Crippen LogP contribution is -1.72. The topological polar surface area (TPSA) is 12.9 Å². The van der Waals surface area contributed by atoms with Gasteiger partial charge in [0.25, 0.3) is 0 Å². The summed E-state index contributed by atoms with van der Waals surface area (Å²) in [5, 5.41) is 5.55. The monoisotopic (exact) mass is 227 g/mol. The number of aromatic nitrogens is 1. The van der Waals surface area contributed by atoms with Crippen molar-refractivity contribution in [1.29, 1.82) is 0 Å². The Morgan fingerprint density at radius 2 is 1.75 bits per heavy atom. The summed E-state index contributed by atoms with van der Waals surface area (Å²) in [5.41, 5.74) is 0.660. The van der Waals surface area contributed by atoms with Crippen LogP contribution in [0.3, 0.4) is 0 Å². The number of rotatable bonds is 1. The van der Waals surface area contributed by atoms with Crippen LogP contribution in [-0.2, 0) is 0 Å². The molecule has 2 heterocycles. The third-order valence-corrected chi connectivity index (χ3v) is 5.74. The lowest BCUT2D eigenvalue weighted by Gasteiger charge is -2.05. The van der Waals surface area contributed by atoms with Crippen molar-refractivity contribution in [3.05, 3.63) is 42.6 Å². The first kappa shape index (κ1) is 9.86. The van der Waals surface area contributed by atoms with Crippen LogP contribution < -0.4 is 0 Å². The first-order valence-electron chi connectivity index (χ1n) is 5.62. The number of hydrogen-bond donors (Lipinski definition) is 0. The molecule has 0 N–H and O–H groups in total. The van der Waals surface area contributed by atoms with E-state index in [1.165, 1.54) is 21.1 Å². The molecular weight excluding hydrogens is 213 g/mol. The third kappa shape index (κ3) is 1.28. The van der Waals surface area contributed by atoms with E-state index in [9.17, 15) is 0 Å². The third-order valence-electron chi connectivity index (χ3n) is 2.99. The lowest BCUT2D eigenvalue weighted by atomic mass is 10.2. The molecule has 16 heavy (non-hydrogen) atoms. The van der Waals surface area contributed by atoms with Crippen LogP contribution in [0.15, 0.2) is 42.6 Å². The molecule has 0 aliphatic carbocycles. The standard InChI is InChI=1S/C14H14NP/c1-10(2)16-13-8-4-3-6-11(13)12-7-5-9-15-14(12)16/h3-10H,1-2H3. The van der Waals surface area contributed by atoms with Crippen molar-refractivity contribution in [2.45, 2.75) is 19.5 Å². The maximum Gasteiger partial charge on any atom is 0.0902 e. The van der Waals surface area contributed by atoms with Crippen molar-refractivity contribution >= 4 is 28.7 Å². The molecule has 1 unspecified atom stereocenters. The summed E-state index contributed by atoms with van der Waals surface area (Å²) in [6.07, 6.45) is 1.92. The highest BCUT2D eigenvalue weighted by atomic mass is 31.1. The predicted octanol–water partition coefficient (Wildman–Crippen LogP) is 4.96. The zero-order valence-corrected chi connectivity index (χ0v) is 10.4. The van der Waals surface area contributed by atoms with Crippen molar-refractivity contribution in [1.82, 2.24) is 4.98 Å². The summed E-state index contributed by atoms with van der Waals surface area (Å²) in [5.74, 6) is 0. The molecule has 0 fully saturated rings. The summed E-state index contributed by atoms with van der Waals surface area (Å²) in [6, 6.07) is 13.0. The first-order chi connectivity index (χ1) is 7.79. The Morgan fingerprint density at radius 3 is 2.56 bits per heavy atom. The van der Waals surface area contributed by atoms with Crippen LogP contribution in [0.4, 0.5) is 0 Å². The Morgan fingerprint density at radius 1 is 1.00 bits per heavy atom. The van der Waals surface area contributed by atoms with Gasteiger partial charge in [0, 0.05) is 16.7 Å². The minimum absolute atomic E-state index is 0.247. The fourth-order valence-corrected chi connectivity index (χ4v) is 4.97. The minimum atomic E-state index is -0.247. The highest BCUT2D eigenvalue weighted by Crippen LogP contribution is 2.53. The van der Waals surface area contributed by atoms with Gasteiger partial charge in [-0.15, -0.1) is 0 Å². The molecule has 0 bridgehead atoms. The SMILES string of the molecule is CC(C)p1c2ccccc2c2cccnc21. The van der Waals surface area contributed by atoms with Crippen LogP contribution in [0.5, 0.6) is 0 Å². The van der Waals surface area contributed by atoms with Gasteiger partial charge in [0.15, 0.2) is 0 Å². The van der Waals surface area contributed by atoms with Crippen molar-refractivity contribution in [2.24, 2.45) is 0 Å². The molecule has 0 saturated carbocycles. The van der Waals surface area contributed by atoms with E-state index in [1.54, 1.807) is 0 Å². The molecule has 1 nitrogen and oxygen atoms in total. The van der Waals surface area contributed by atoms with E-state index in [4.69, 9.17) is 0 Å². The van der Waals surface area contributed by atoms with Crippen LogP contribution in [0.1, 0.15) is 19.5 Å². The van der Waals surface area contributed by atoms with Gasteiger partial charge in [-0.1, -0.05) is 51.7 Å². The lowest BCUT2D eigenvalue weighted by molar-refractivity contribution is 1.03. The van der Waals surface area contributed by atoms with E-state index in [0.717, 1.165) is 0 Å². The maximum absolute atomic E-state index is 4.61. The molecule has 0 spiro atoms. The molecule has 3 aromatic rings. The van der Waals surface area contributed by atoms with Gasteiger partial charge in [-0.25, -0.2) is 0 Å². The van der Waals surface area contributed by atoms with Crippen molar-refractivity contribution in [3.63, 3.8) is 0 Å². The van der Waals surface area contributed by atoms with E-state index >= 15 is 0 Å². The minimum Gasteiger partial charge on any atom is -0.252 e. The molecule has 3 rings (SSSR count). The van der Waals surface area contributed by atoms with E-state index in [2.05, 4.69) is 49.2 Å². The summed E-state index contributed by atoms with van der Waals surface area (Å²) in [6.45, 7) is 4.60. The highest BCUT2D eigenvalue weighted by Gasteiger charge is 2.13. The molecule has 80 valence electrons. The Bertz CT molecular complexity index is 599. The van der Waals surface area contributed by atoms with Gasteiger partial charge in [-0.2, -0.15) is 0 Å². The van der Waals surface area contributed by atoms with Gasteiger partial charge in [0.2, 0.25) is 0 Å². The molecule has 2 heteroatoms. The van der Waals surface area contributed by atoms with Crippen LogP contribution in [0, 0.1) is 0 Å². The van der Waals surface area contributed by atoms with Crippen molar-refractivity contribution in [2.75, 3.05) is 0 Å². The van der Waals surface area contributed by atoms with E-state index in [1.807, 2.05) is 12.3 Å². The molecule has 1 aromatic carbocycles. The quantitative estimate of drug-likeness (QED) is 0.572. The summed E-state index contributed by atoms with van der Waals surface area (Å²) >= 11 is 0. The predicted molar refractivity (Wildman–Crippen MR) is 72.3 cm³/mol. The second-order valence-electron chi connectivity index (χ2n) is 4.36. The molecule has 0 saturated heterocycles. The number of benzene rings is 1. The van der Waals surface area contributed by atoms with Gasteiger partial charge >= 0.3 is 0 Å². The summed E-state index contributed by atoms with van der Waals surface area (Å²) in [4.78, 5) is 4.61. The van der Waals surface area contributed by atoms with Crippen molar-refractivity contribution < 1.29 is 0 Å². The molecule has 0 aliphatic rings. The number of fused-ring (bicyclic) bond motifs is 3. The molecule has 0 amide bonds. The van der Waals surface area contributed by atoms with E-state index in [0.29, 0.717) is 5.66 Å². The van der Waals surface area contributed by atoms with Gasteiger partial charge in [-0.3, -0.25) is 4.98 Å². The molecule has 2 aromatic heterocycles. The Balaban J connectivity index is 2.59. The second kappa shape index (κ2) is 3.61. The van der Waals surface area contributed by atoms with Gasteiger partial charge in [0.05, 0.1) is 5.25 Å². The van der Waals surface area contributed by atoms with E-state index in [-0.39, 0.29) is 7.53 Å². The molecule has 0 aliphatic heterocycles. The highest BCUT2D eigenvalue weighted by molar-refractivity contribution is 7.61. The second-order valence-corrected chi connectivity index (χ2v) is 7.03.